The van der Waals surface area contributed by atoms with Crippen molar-refractivity contribution in [1.29, 1.82) is 0 Å². The molecule has 0 aromatic heterocycles. The molecule has 1 heterocycles. The van der Waals surface area contributed by atoms with Gasteiger partial charge in [0, 0.05) is 41.8 Å². The van der Waals surface area contributed by atoms with Crippen LogP contribution in [-0.2, 0) is 35.2 Å². The molecule has 0 bridgehead atoms. The monoisotopic (exact) mass is 728 g/mol. The molecule has 0 saturated heterocycles. The van der Waals surface area contributed by atoms with Crippen LogP contribution >= 0.6 is 0 Å². The number of ketones is 2. The summed E-state index contributed by atoms with van der Waals surface area (Å²) in [5.74, 6) is -9.72. The molecule has 0 fully saturated rings. The Bertz CT molecular complexity index is 1890. The van der Waals surface area contributed by atoms with E-state index in [1.165, 1.54) is 0 Å². The lowest BCUT2D eigenvalue weighted by Gasteiger charge is -2.27. The number of hydrogen-bond acceptors (Lipinski definition) is 9. The van der Waals surface area contributed by atoms with Crippen LogP contribution in [0.3, 0.4) is 0 Å². The quantitative estimate of drug-likeness (QED) is 0.0412. The van der Waals surface area contributed by atoms with E-state index in [0.29, 0.717) is 16.3 Å². The second-order valence-electron chi connectivity index (χ2n) is 12.6. The van der Waals surface area contributed by atoms with Crippen molar-refractivity contribution in [2.24, 2.45) is 28.3 Å². The fraction of sp³-hybridized carbons (Fsp3) is 0.324. The molecule has 3 atom stereocenters. The van der Waals surface area contributed by atoms with Crippen LogP contribution in [-0.4, -0.2) is 93.9 Å². The van der Waals surface area contributed by atoms with Crippen molar-refractivity contribution in [2.75, 3.05) is 19.6 Å². The number of carbonyl (C=O) groups is 8. The molecule has 16 nitrogen and oxygen atoms in total. The van der Waals surface area contributed by atoms with Gasteiger partial charge < -0.3 is 32.3 Å². The van der Waals surface area contributed by atoms with E-state index in [-0.39, 0.29) is 42.9 Å². The van der Waals surface area contributed by atoms with Gasteiger partial charge in [0.25, 0.3) is 11.8 Å². The lowest BCUT2D eigenvalue weighted by Crippen LogP contribution is -2.50. The highest BCUT2D eigenvalue weighted by Crippen LogP contribution is 2.30. The number of carbonyl (C=O) groups excluding carboxylic acids is 6. The summed E-state index contributed by atoms with van der Waals surface area (Å²) in [7, 11) is 0. The second kappa shape index (κ2) is 18.2. The first kappa shape index (κ1) is 39.3. The third-order valence-electron chi connectivity index (χ3n) is 8.69. The zero-order valence-corrected chi connectivity index (χ0v) is 28.7. The van der Waals surface area contributed by atoms with Crippen LogP contribution < -0.4 is 22.1 Å². The molecular formula is C37H40N6O10. The normalized spacial score (nSPS) is 13.8. The molecule has 3 aromatic rings. The topological polar surface area (TPSA) is 269 Å². The highest BCUT2D eigenvalue weighted by molar-refractivity contribution is 6.26. The third kappa shape index (κ3) is 10.8. The number of Topliss-reactive ketones (excluding diaryl/α,β-unsaturated/α-hetero) is 2. The molecule has 0 spiro atoms. The van der Waals surface area contributed by atoms with Gasteiger partial charge in [0.2, 0.25) is 11.8 Å². The predicted octanol–water partition coefficient (Wildman–Crippen LogP) is 1.04. The third-order valence-corrected chi connectivity index (χ3v) is 8.69. The number of carboxylic acid groups (broad SMARTS) is 2. The lowest BCUT2D eigenvalue weighted by molar-refractivity contribution is -0.149. The van der Waals surface area contributed by atoms with Crippen LogP contribution in [0.4, 0.5) is 0 Å². The van der Waals surface area contributed by atoms with Gasteiger partial charge in [0.05, 0.1) is 24.9 Å². The molecule has 16 heteroatoms. The number of imide groups is 1. The van der Waals surface area contributed by atoms with E-state index in [0.717, 1.165) is 4.90 Å². The maximum Gasteiger partial charge on any atom is 0.307 e. The molecule has 3 unspecified atom stereocenters. The van der Waals surface area contributed by atoms with Crippen molar-refractivity contribution < 1.29 is 48.6 Å². The average molecular weight is 729 g/mol. The second-order valence-corrected chi connectivity index (χ2v) is 12.6. The lowest BCUT2D eigenvalue weighted by atomic mass is 9.90. The SMILES string of the molecule is NC(N)=NCCCC(CC(=O)C(Cc1ccccc1)NC(=O)CN1C(=O)c2cccc3cccc(c23)C1=O)C(=O)NCC(=O)CC(CC(=O)O)C(=O)O. The summed E-state index contributed by atoms with van der Waals surface area (Å²) in [5.41, 5.74) is 12.0. The summed E-state index contributed by atoms with van der Waals surface area (Å²) in [5, 5.41) is 24.5. The van der Waals surface area contributed by atoms with E-state index < -0.39 is 97.4 Å². The standard InChI is InChI=1S/C37H40N6O10/c38-37(39)40-14-6-11-23(33(49)41-19-25(44)16-24(36(52)53)18-31(47)48)17-29(45)28(15-21-7-2-1-3-8-21)42-30(46)20-43-34(50)26-12-4-9-22-10-5-13-27(32(22)26)35(43)51/h1-5,7-10,12-13,23-24,28H,6,11,14-20H2,(H,41,49)(H,42,46)(H,47,48)(H,52,53)(H4,38,39,40). The van der Waals surface area contributed by atoms with E-state index in [1.54, 1.807) is 66.7 Å². The Labute approximate surface area is 303 Å². The number of benzene rings is 3. The Hall–Kier alpha value is -6.45. The maximum absolute atomic E-state index is 13.9. The van der Waals surface area contributed by atoms with Gasteiger partial charge in [-0.15, -0.1) is 0 Å². The van der Waals surface area contributed by atoms with Gasteiger partial charge in [-0.1, -0.05) is 54.6 Å². The number of nitrogens with zero attached hydrogens (tertiary/aromatic N) is 2. The number of rotatable bonds is 20. The molecule has 1 aliphatic heterocycles. The Morgan fingerprint density at radius 2 is 1.43 bits per heavy atom. The zero-order valence-electron chi connectivity index (χ0n) is 28.7. The summed E-state index contributed by atoms with van der Waals surface area (Å²) < 4.78 is 0. The van der Waals surface area contributed by atoms with E-state index in [9.17, 15) is 43.5 Å². The molecule has 8 N–H and O–H groups in total. The minimum atomic E-state index is -1.49. The van der Waals surface area contributed by atoms with Crippen molar-refractivity contribution in [3.63, 3.8) is 0 Å². The van der Waals surface area contributed by atoms with Gasteiger partial charge in [0.1, 0.15) is 6.54 Å². The Kier molecular flexibility index (Phi) is 13.5. The predicted molar refractivity (Wildman–Crippen MR) is 190 cm³/mol. The molecule has 0 aliphatic carbocycles. The van der Waals surface area contributed by atoms with Crippen LogP contribution in [0.25, 0.3) is 10.8 Å². The molecule has 278 valence electrons. The number of amides is 4. The van der Waals surface area contributed by atoms with Crippen LogP contribution in [0.1, 0.15) is 58.4 Å². The van der Waals surface area contributed by atoms with Crippen molar-refractivity contribution in [2.45, 2.75) is 44.6 Å². The Balaban J connectivity index is 1.49. The first-order valence-electron chi connectivity index (χ1n) is 16.8. The highest BCUT2D eigenvalue weighted by atomic mass is 16.4. The van der Waals surface area contributed by atoms with E-state index in [4.69, 9.17) is 16.6 Å². The number of aliphatic imine (C=N–C) groups is 1. The molecule has 0 saturated carbocycles. The van der Waals surface area contributed by atoms with Crippen LogP contribution in [0.15, 0.2) is 71.7 Å². The summed E-state index contributed by atoms with van der Waals surface area (Å²) in [4.78, 5) is 107. The summed E-state index contributed by atoms with van der Waals surface area (Å²) in [6.07, 6.45) is -1.49. The van der Waals surface area contributed by atoms with Crippen LogP contribution in [0.5, 0.6) is 0 Å². The summed E-state index contributed by atoms with van der Waals surface area (Å²) in [6.45, 7) is -1.17. The molecule has 3 aromatic carbocycles. The van der Waals surface area contributed by atoms with Gasteiger partial charge >= 0.3 is 11.9 Å². The van der Waals surface area contributed by atoms with Gasteiger partial charge in [-0.05, 0) is 42.3 Å². The van der Waals surface area contributed by atoms with Crippen molar-refractivity contribution in [1.82, 2.24) is 15.5 Å². The minimum absolute atomic E-state index is 0.0103. The minimum Gasteiger partial charge on any atom is -0.481 e. The number of carboxylic acids is 2. The average Bonchev–Trinajstić information content (AvgIpc) is 3.12. The number of aliphatic carboxylic acids is 2. The molecule has 4 amide bonds. The van der Waals surface area contributed by atoms with E-state index in [2.05, 4.69) is 15.6 Å². The maximum atomic E-state index is 13.9. The van der Waals surface area contributed by atoms with Crippen molar-refractivity contribution in [3.8, 4) is 0 Å². The van der Waals surface area contributed by atoms with Gasteiger partial charge in [-0.3, -0.25) is 48.2 Å². The first-order valence-corrected chi connectivity index (χ1v) is 16.8. The van der Waals surface area contributed by atoms with Gasteiger partial charge in [-0.25, -0.2) is 0 Å². The highest BCUT2D eigenvalue weighted by Gasteiger charge is 2.35. The van der Waals surface area contributed by atoms with Gasteiger partial charge in [-0.2, -0.15) is 0 Å². The molecule has 1 aliphatic rings. The Morgan fingerprint density at radius 1 is 0.792 bits per heavy atom. The number of hydrogen-bond donors (Lipinski definition) is 6. The molecule has 0 radical (unpaired) electrons. The Morgan fingerprint density at radius 3 is 2.02 bits per heavy atom. The molecule has 53 heavy (non-hydrogen) atoms. The van der Waals surface area contributed by atoms with Crippen molar-refractivity contribution in [3.05, 3.63) is 83.4 Å². The zero-order chi connectivity index (χ0) is 38.7. The number of guanidine groups is 1. The smallest absolute Gasteiger partial charge is 0.307 e. The van der Waals surface area contributed by atoms with Crippen LogP contribution in [0.2, 0.25) is 0 Å². The fourth-order valence-electron chi connectivity index (χ4n) is 6.09. The molecule has 4 rings (SSSR count). The van der Waals surface area contributed by atoms with Gasteiger partial charge in [0.15, 0.2) is 17.5 Å². The number of nitrogens with two attached hydrogens (primary N) is 2. The first-order chi connectivity index (χ1) is 25.2. The van der Waals surface area contributed by atoms with Crippen molar-refractivity contribution >= 4 is 63.9 Å². The van der Waals surface area contributed by atoms with E-state index in [1.807, 2.05) is 0 Å². The number of nitrogens with one attached hydrogen (secondary N) is 2. The summed E-state index contributed by atoms with van der Waals surface area (Å²) >= 11 is 0. The van der Waals surface area contributed by atoms with E-state index >= 15 is 0 Å². The van der Waals surface area contributed by atoms with Crippen LogP contribution in [0, 0.1) is 11.8 Å². The summed E-state index contributed by atoms with van der Waals surface area (Å²) in [6, 6.07) is 17.6. The molecular weight excluding hydrogens is 688 g/mol. The fourth-order valence-corrected chi connectivity index (χ4v) is 6.09. The largest absolute Gasteiger partial charge is 0.481 e.